The molecule has 0 aliphatic heterocycles. The minimum absolute atomic E-state index is 0.310. The molecular weight excluding hydrogens is 620 g/mol. The third kappa shape index (κ3) is 11.0. The zero-order valence-electron chi connectivity index (χ0n) is 27.8. The van der Waals surface area contributed by atoms with Crippen LogP contribution < -0.4 is 24.4 Å². The van der Waals surface area contributed by atoms with E-state index in [-0.39, 0.29) is 0 Å². The van der Waals surface area contributed by atoms with Crippen molar-refractivity contribution in [3.63, 3.8) is 0 Å². The van der Waals surface area contributed by atoms with E-state index in [1.807, 2.05) is 62.1 Å². The lowest BCUT2D eigenvalue weighted by Crippen LogP contribution is -2.33. The van der Waals surface area contributed by atoms with Gasteiger partial charge in [0.05, 0.1) is 39.5 Å². The van der Waals surface area contributed by atoms with Crippen LogP contribution >= 0.6 is 11.6 Å². The van der Waals surface area contributed by atoms with E-state index in [2.05, 4.69) is 46.5 Å². The molecule has 11 heteroatoms. The van der Waals surface area contributed by atoms with Crippen LogP contribution in [0.15, 0.2) is 73.1 Å². The molecule has 1 N–H and O–H groups in total. The molecule has 1 heterocycles. The second-order valence-corrected chi connectivity index (χ2v) is 12.2. The number of carbonyl (C=O) groups excluding carboxylic acids is 1. The minimum Gasteiger partial charge on any atom is -0.496 e. The van der Waals surface area contributed by atoms with Crippen molar-refractivity contribution in [3.05, 3.63) is 100 Å². The summed E-state index contributed by atoms with van der Waals surface area (Å²) < 4.78 is 28.8. The molecular formula is C36H43ClN4O6. The summed E-state index contributed by atoms with van der Waals surface area (Å²) in [7, 11) is 3.22. The van der Waals surface area contributed by atoms with Crippen LogP contribution in [-0.4, -0.2) is 55.6 Å². The number of nitrogens with one attached hydrogen (secondary N) is 1. The number of aromatic nitrogens is 2. The number of rotatable bonds is 15. The molecule has 3 aromatic carbocycles. The molecule has 0 spiro atoms. The number of aryl methyl sites for hydroxylation is 1. The molecule has 0 fully saturated rings. The van der Waals surface area contributed by atoms with E-state index in [0.29, 0.717) is 67.6 Å². The van der Waals surface area contributed by atoms with Crippen LogP contribution in [0.1, 0.15) is 43.0 Å². The van der Waals surface area contributed by atoms with Gasteiger partial charge in [0.15, 0.2) is 0 Å². The summed E-state index contributed by atoms with van der Waals surface area (Å²) in [6, 6.07) is 21.6. The summed E-state index contributed by atoms with van der Waals surface area (Å²) in [5.74, 6) is 2.35. The number of nitrogens with zero attached hydrogens (tertiary/aromatic N) is 3. The molecule has 10 nitrogen and oxygen atoms in total. The van der Waals surface area contributed by atoms with Crippen LogP contribution in [0, 0.1) is 6.92 Å². The Balaban J connectivity index is 1.50. The zero-order valence-corrected chi connectivity index (χ0v) is 28.6. The first-order chi connectivity index (χ1) is 22.5. The zero-order chi connectivity index (χ0) is 33.8. The van der Waals surface area contributed by atoms with Gasteiger partial charge >= 0.3 is 6.09 Å². The van der Waals surface area contributed by atoms with Crippen molar-refractivity contribution in [1.29, 1.82) is 0 Å². The average molecular weight is 663 g/mol. The smallest absolute Gasteiger partial charge is 0.407 e. The van der Waals surface area contributed by atoms with E-state index in [0.717, 1.165) is 22.4 Å². The van der Waals surface area contributed by atoms with Crippen molar-refractivity contribution in [3.8, 4) is 17.2 Å². The fraction of sp³-hybridized carbons (Fsp3) is 0.361. The van der Waals surface area contributed by atoms with E-state index in [9.17, 15) is 4.79 Å². The molecule has 1 aromatic heterocycles. The number of methoxy groups -OCH3 is 2. The van der Waals surface area contributed by atoms with E-state index in [1.165, 1.54) is 11.9 Å². The van der Waals surface area contributed by atoms with Gasteiger partial charge in [0, 0.05) is 30.4 Å². The first-order valence-electron chi connectivity index (χ1n) is 15.4. The fourth-order valence-corrected chi connectivity index (χ4v) is 4.87. The second-order valence-electron chi connectivity index (χ2n) is 11.8. The SMILES string of the molecule is COc1cc(OCCOCc2ccc(C)cc2)cc(OC)c1CN(c1cccc(CCNC(=O)OC(C)(C)C)c1)c1cc(Cl)ncn1. The van der Waals surface area contributed by atoms with E-state index in [4.69, 9.17) is 35.3 Å². The predicted octanol–water partition coefficient (Wildman–Crippen LogP) is 7.46. The van der Waals surface area contributed by atoms with Gasteiger partial charge < -0.3 is 33.9 Å². The Bertz CT molecular complexity index is 1590. The van der Waals surface area contributed by atoms with Gasteiger partial charge in [-0.25, -0.2) is 14.8 Å². The van der Waals surface area contributed by atoms with E-state index < -0.39 is 11.7 Å². The highest BCUT2D eigenvalue weighted by Gasteiger charge is 2.21. The Labute approximate surface area is 281 Å². The molecule has 0 unspecified atom stereocenters. The lowest BCUT2D eigenvalue weighted by molar-refractivity contribution is 0.0528. The summed E-state index contributed by atoms with van der Waals surface area (Å²) in [6.07, 6.45) is 1.57. The summed E-state index contributed by atoms with van der Waals surface area (Å²) in [6.45, 7) is 9.60. The number of hydrogen-bond donors (Lipinski definition) is 1. The van der Waals surface area contributed by atoms with Gasteiger partial charge in [-0.3, -0.25) is 0 Å². The lowest BCUT2D eigenvalue weighted by Gasteiger charge is -2.26. The van der Waals surface area contributed by atoms with Gasteiger partial charge in [0.1, 0.15) is 46.8 Å². The molecule has 0 bridgehead atoms. The van der Waals surface area contributed by atoms with E-state index in [1.54, 1.807) is 20.3 Å². The number of benzene rings is 3. The molecule has 0 aliphatic carbocycles. The maximum atomic E-state index is 12.1. The molecule has 47 heavy (non-hydrogen) atoms. The quantitative estimate of drug-likeness (QED) is 0.103. The third-order valence-electron chi connectivity index (χ3n) is 6.98. The largest absolute Gasteiger partial charge is 0.496 e. The number of amides is 1. The molecule has 4 rings (SSSR count). The van der Waals surface area contributed by atoms with Crippen molar-refractivity contribution in [2.24, 2.45) is 0 Å². The maximum Gasteiger partial charge on any atom is 0.407 e. The maximum absolute atomic E-state index is 12.1. The Hall–Kier alpha value is -4.54. The monoisotopic (exact) mass is 662 g/mol. The van der Waals surface area contributed by atoms with Gasteiger partial charge in [0.25, 0.3) is 0 Å². The molecule has 0 saturated heterocycles. The van der Waals surface area contributed by atoms with Crippen LogP contribution in [0.3, 0.4) is 0 Å². The van der Waals surface area contributed by atoms with Crippen molar-refractivity contribution >= 4 is 29.2 Å². The highest BCUT2D eigenvalue weighted by atomic mass is 35.5. The van der Waals surface area contributed by atoms with Gasteiger partial charge in [0.2, 0.25) is 0 Å². The van der Waals surface area contributed by atoms with Crippen LogP contribution in [0.4, 0.5) is 16.3 Å². The molecule has 0 aliphatic rings. The topological polar surface area (TPSA) is 104 Å². The number of halogens is 1. The first kappa shape index (κ1) is 35.3. The Morgan fingerprint density at radius 2 is 1.64 bits per heavy atom. The van der Waals surface area contributed by atoms with Crippen LogP contribution in [-0.2, 0) is 29.0 Å². The van der Waals surface area contributed by atoms with E-state index >= 15 is 0 Å². The molecule has 0 radical (unpaired) electrons. The fourth-order valence-electron chi connectivity index (χ4n) is 4.73. The van der Waals surface area contributed by atoms with Crippen LogP contribution in [0.5, 0.6) is 17.2 Å². The Morgan fingerprint density at radius 3 is 2.30 bits per heavy atom. The molecule has 250 valence electrons. The number of hydrogen-bond acceptors (Lipinski definition) is 9. The minimum atomic E-state index is -0.563. The van der Waals surface area contributed by atoms with Crippen LogP contribution in [0.25, 0.3) is 0 Å². The number of anilines is 2. The second kappa shape index (κ2) is 16.9. The predicted molar refractivity (Wildman–Crippen MR) is 183 cm³/mol. The summed E-state index contributed by atoms with van der Waals surface area (Å²) in [5.41, 5.74) is 4.41. The van der Waals surface area contributed by atoms with Crippen molar-refractivity contribution in [2.45, 2.75) is 52.9 Å². The third-order valence-corrected chi connectivity index (χ3v) is 7.19. The summed E-state index contributed by atoms with van der Waals surface area (Å²) in [5, 5.41) is 3.13. The normalized spacial score (nSPS) is 11.1. The van der Waals surface area contributed by atoms with Gasteiger partial charge in [-0.15, -0.1) is 0 Å². The number of alkyl carbamates (subject to hydrolysis) is 1. The lowest BCUT2D eigenvalue weighted by atomic mass is 10.1. The Morgan fingerprint density at radius 1 is 0.915 bits per heavy atom. The summed E-state index contributed by atoms with van der Waals surface area (Å²) >= 11 is 6.30. The van der Waals surface area contributed by atoms with Gasteiger partial charge in [-0.05, 0) is 57.4 Å². The van der Waals surface area contributed by atoms with Crippen molar-refractivity contribution in [2.75, 3.05) is 38.9 Å². The average Bonchev–Trinajstić information content (AvgIpc) is 3.03. The highest BCUT2D eigenvalue weighted by Crippen LogP contribution is 2.38. The van der Waals surface area contributed by atoms with Gasteiger partial charge in [-0.2, -0.15) is 0 Å². The summed E-state index contributed by atoms with van der Waals surface area (Å²) in [4.78, 5) is 22.7. The van der Waals surface area contributed by atoms with Gasteiger partial charge in [-0.1, -0.05) is 53.6 Å². The molecule has 0 saturated carbocycles. The molecule has 0 atom stereocenters. The first-order valence-corrected chi connectivity index (χ1v) is 15.7. The molecule has 4 aromatic rings. The highest BCUT2D eigenvalue weighted by molar-refractivity contribution is 6.29. The van der Waals surface area contributed by atoms with Crippen molar-refractivity contribution < 1.29 is 28.5 Å². The molecule has 1 amide bonds. The van der Waals surface area contributed by atoms with Crippen LogP contribution in [0.2, 0.25) is 5.15 Å². The number of carbonyl (C=O) groups is 1. The van der Waals surface area contributed by atoms with Crippen molar-refractivity contribution in [1.82, 2.24) is 15.3 Å². The Kier molecular flexibility index (Phi) is 12.7. The number of ether oxygens (including phenoxy) is 5. The standard InChI is InChI=1S/C36H43ClN4O6/c1-25-10-12-27(13-11-25)23-45-16-17-46-29-19-31(43-5)30(32(20-29)44-6)22-41(34-21-33(37)39-24-40-34)28-9-7-8-26(18-28)14-15-38-35(42)47-36(2,3)4/h7-13,18-21,24H,14-17,22-23H2,1-6H3,(H,38,42).